The fourth-order valence-corrected chi connectivity index (χ4v) is 2.48. The third kappa shape index (κ3) is 3.23. The summed E-state index contributed by atoms with van der Waals surface area (Å²) in [6.07, 6.45) is 1.03. The fraction of sp³-hybridized carbons (Fsp3) is 0.250. The Kier molecular flexibility index (Phi) is 4.73. The molecule has 0 amide bonds. The lowest BCUT2D eigenvalue weighted by Crippen LogP contribution is -1.97. The van der Waals surface area contributed by atoms with Crippen LogP contribution in [0.5, 0.6) is 5.75 Å². The second kappa shape index (κ2) is 6.31. The second-order valence-corrected chi connectivity index (χ2v) is 5.22. The van der Waals surface area contributed by atoms with Crippen molar-refractivity contribution >= 4 is 23.2 Å². The Morgan fingerprint density at radius 1 is 1.11 bits per heavy atom. The quantitative estimate of drug-likeness (QED) is 0.701. The Balaban J connectivity index is 2.34. The van der Waals surface area contributed by atoms with Gasteiger partial charge in [0.15, 0.2) is 0 Å². The zero-order chi connectivity index (χ0) is 13.8. The molecule has 0 saturated carbocycles. The van der Waals surface area contributed by atoms with Crippen LogP contribution in [-0.4, -0.2) is 7.11 Å². The van der Waals surface area contributed by atoms with Gasteiger partial charge in [0.05, 0.1) is 12.5 Å². The summed E-state index contributed by atoms with van der Waals surface area (Å²) in [5.74, 6) is 0.715. The predicted molar refractivity (Wildman–Crippen MR) is 81.5 cm³/mol. The Morgan fingerprint density at radius 2 is 1.79 bits per heavy atom. The Bertz CT molecular complexity index is 549. The van der Waals surface area contributed by atoms with Crippen molar-refractivity contribution in [3.63, 3.8) is 0 Å². The topological polar surface area (TPSA) is 9.23 Å². The highest BCUT2D eigenvalue weighted by Crippen LogP contribution is 2.36. The van der Waals surface area contributed by atoms with Gasteiger partial charge in [0.25, 0.3) is 0 Å². The molecule has 0 aromatic heterocycles. The zero-order valence-corrected chi connectivity index (χ0v) is 12.5. The first-order valence-corrected chi connectivity index (χ1v) is 7.03. The number of ether oxygens (including phenoxy) is 1. The average Bonchev–Trinajstić information content (AvgIpc) is 2.46. The molecule has 2 rings (SSSR count). The number of benzene rings is 2. The lowest BCUT2D eigenvalue weighted by atomic mass is 10.0. The van der Waals surface area contributed by atoms with E-state index in [4.69, 9.17) is 27.9 Å². The van der Waals surface area contributed by atoms with Gasteiger partial charge in [-0.3, -0.25) is 0 Å². The molecular formula is C16H16Cl2O. The van der Waals surface area contributed by atoms with E-state index in [-0.39, 0.29) is 5.38 Å². The van der Waals surface area contributed by atoms with E-state index in [9.17, 15) is 0 Å². The van der Waals surface area contributed by atoms with Crippen LogP contribution < -0.4 is 4.74 Å². The molecule has 3 heteroatoms. The van der Waals surface area contributed by atoms with Crippen LogP contribution in [0.25, 0.3) is 0 Å². The molecule has 2 aromatic rings. The van der Waals surface area contributed by atoms with Crippen molar-refractivity contribution in [1.82, 2.24) is 0 Å². The summed E-state index contributed by atoms with van der Waals surface area (Å²) in [4.78, 5) is 0. The molecule has 0 aliphatic heterocycles. The third-order valence-electron chi connectivity index (χ3n) is 3.15. The van der Waals surface area contributed by atoms with E-state index in [2.05, 4.69) is 31.2 Å². The van der Waals surface area contributed by atoms with Crippen LogP contribution in [0.2, 0.25) is 5.02 Å². The van der Waals surface area contributed by atoms with E-state index in [1.165, 1.54) is 5.56 Å². The molecule has 0 fully saturated rings. The SMILES string of the molecule is CCc1ccc(C(Cl)c2ccc(Cl)cc2OC)cc1. The molecule has 1 unspecified atom stereocenters. The molecule has 0 heterocycles. The van der Waals surface area contributed by atoms with Crippen molar-refractivity contribution < 1.29 is 4.74 Å². The highest BCUT2D eigenvalue weighted by atomic mass is 35.5. The van der Waals surface area contributed by atoms with Crippen molar-refractivity contribution in [2.75, 3.05) is 7.11 Å². The first kappa shape index (κ1) is 14.2. The average molecular weight is 295 g/mol. The van der Waals surface area contributed by atoms with Gasteiger partial charge in [-0.15, -0.1) is 11.6 Å². The van der Waals surface area contributed by atoms with Crippen molar-refractivity contribution in [3.05, 3.63) is 64.2 Å². The first-order chi connectivity index (χ1) is 9.15. The van der Waals surface area contributed by atoms with Crippen LogP contribution in [0, 0.1) is 0 Å². The predicted octanol–water partition coefficient (Wildman–Crippen LogP) is 5.24. The summed E-state index contributed by atoms with van der Waals surface area (Å²) in [6.45, 7) is 2.13. The summed E-state index contributed by atoms with van der Waals surface area (Å²) < 4.78 is 5.34. The molecule has 100 valence electrons. The van der Waals surface area contributed by atoms with Gasteiger partial charge in [-0.25, -0.2) is 0 Å². The van der Waals surface area contributed by atoms with E-state index in [1.807, 2.05) is 12.1 Å². The van der Waals surface area contributed by atoms with Crippen molar-refractivity contribution in [2.24, 2.45) is 0 Å². The van der Waals surface area contributed by atoms with Crippen molar-refractivity contribution in [3.8, 4) is 5.75 Å². The molecular weight excluding hydrogens is 279 g/mol. The van der Waals surface area contributed by atoms with Gasteiger partial charge in [0, 0.05) is 10.6 Å². The molecule has 0 aliphatic rings. The monoisotopic (exact) mass is 294 g/mol. The number of halogens is 2. The Labute approximate surface area is 124 Å². The van der Waals surface area contributed by atoms with E-state index in [0.717, 1.165) is 17.5 Å². The molecule has 0 aliphatic carbocycles. The van der Waals surface area contributed by atoms with Gasteiger partial charge in [-0.2, -0.15) is 0 Å². The molecule has 19 heavy (non-hydrogen) atoms. The van der Waals surface area contributed by atoms with Gasteiger partial charge < -0.3 is 4.74 Å². The maximum atomic E-state index is 6.54. The van der Waals surface area contributed by atoms with Crippen LogP contribution in [0.3, 0.4) is 0 Å². The highest BCUT2D eigenvalue weighted by molar-refractivity contribution is 6.30. The van der Waals surface area contributed by atoms with E-state index in [1.54, 1.807) is 13.2 Å². The molecule has 0 spiro atoms. The summed E-state index contributed by atoms with van der Waals surface area (Å²) in [7, 11) is 1.62. The number of hydrogen-bond donors (Lipinski definition) is 0. The number of methoxy groups -OCH3 is 1. The van der Waals surface area contributed by atoms with E-state index >= 15 is 0 Å². The minimum atomic E-state index is -0.238. The smallest absolute Gasteiger partial charge is 0.125 e. The minimum Gasteiger partial charge on any atom is -0.496 e. The lowest BCUT2D eigenvalue weighted by molar-refractivity contribution is 0.410. The minimum absolute atomic E-state index is 0.238. The van der Waals surface area contributed by atoms with Crippen LogP contribution >= 0.6 is 23.2 Å². The normalized spacial score (nSPS) is 12.2. The number of alkyl halides is 1. The lowest BCUT2D eigenvalue weighted by Gasteiger charge is -2.15. The van der Waals surface area contributed by atoms with Gasteiger partial charge in [-0.1, -0.05) is 48.9 Å². The molecule has 0 bridgehead atoms. The maximum absolute atomic E-state index is 6.54. The van der Waals surface area contributed by atoms with Crippen LogP contribution in [0.1, 0.15) is 29.0 Å². The Morgan fingerprint density at radius 3 is 2.37 bits per heavy atom. The number of hydrogen-bond acceptors (Lipinski definition) is 1. The van der Waals surface area contributed by atoms with Gasteiger partial charge in [-0.05, 0) is 29.7 Å². The molecule has 0 N–H and O–H groups in total. The van der Waals surface area contributed by atoms with Crippen molar-refractivity contribution in [1.29, 1.82) is 0 Å². The molecule has 2 aromatic carbocycles. The standard InChI is InChI=1S/C16H16Cl2O/c1-3-11-4-6-12(7-5-11)16(18)14-9-8-13(17)10-15(14)19-2/h4-10,16H,3H2,1-2H3. The first-order valence-electron chi connectivity index (χ1n) is 6.22. The fourth-order valence-electron chi connectivity index (χ4n) is 2.00. The number of rotatable bonds is 4. The van der Waals surface area contributed by atoms with Gasteiger partial charge >= 0.3 is 0 Å². The molecule has 1 atom stereocenters. The third-order valence-corrected chi connectivity index (χ3v) is 3.87. The molecule has 1 nitrogen and oxygen atoms in total. The maximum Gasteiger partial charge on any atom is 0.125 e. The molecule has 0 radical (unpaired) electrons. The Hall–Kier alpha value is -1.18. The van der Waals surface area contributed by atoms with Gasteiger partial charge in [0.1, 0.15) is 5.75 Å². The zero-order valence-electron chi connectivity index (χ0n) is 11.0. The van der Waals surface area contributed by atoms with Crippen LogP contribution in [0.15, 0.2) is 42.5 Å². The van der Waals surface area contributed by atoms with E-state index in [0.29, 0.717) is 10.8 Å². The number of aryl methyl sites for hydroxylation is 1. The largest absolute Gasteiger partial charge is 0.496 e. The van der Waals surface area contributed by atoms with Crippen LogP contribution in [-0.2, 0) is 6.42 Å². The van der Waals surface area contributed by atoms with E-state index < -0.39 is 0 Å². The summed E-state index contributed by atoms with van der Waals surface area (Å²) in [5.41, 5.74) is 3.29. The second-order valence-electron chi connectivity index (χ2n) is 4.34. The summed E-state index contributed by atoms with van der Waals surface area (Å²) in [6, 6.07) is 13.9. The van der Waals surface area contributed by atoms with Crippen LogP contribution in [0.4, 0.5) is 0 Å². The van der Waals surface area contributed by atoms with Gasteiger partial charge in [0.2, 0.25) is 0 Å². The molecule has 0 saturated heterocycles. The van der Waals surface area contributed by atoms with Crippen molar-refractivity contribution in [2.45, 2.75) is 18.7 Å². The summed E-state index contributed by atoms with van der Waals surface area (Å²) >= 11 is 12.5. The summed E-state index contributed by atoms with van der Waals surface area (Å²) in [5, 5.41) is 0.406. The highest BCUT2D eigenvalue weighted by Gasteiger charge is 2.15.